The van der Waals surface area contributed by atoms with Gasteiger partial charge in [-0.2, -0.15) is 0 Å². The van der Waals surface area contributed by atoms with Crippen molar-refractivity contribution in [1.29, 1.82) is 0 Å². The van der Waals surface area contributed by atoms with E-state index < -0.39 is 11.5 Å². The number of carbonyl (C=O) groups is 1. The lowest BCUT2D eigenvalue weighted by Gasteiger charge is -2.26. The zero-order valence-electron chi connectivity index (χ0n) is 12.4. The Bertz CT molecular complexity index is 428. The van der Waals surface area contributed by atoms with Crippen molar-refractivity contribution in [2.75, 3.05) is 6.54 Å². The van der Waals surface area contributed by atoms with E-state index in [1.807, 2.05) is 27.1 Å². The summed E-state index contributed by atoms with van der Waals surface area (Å²) in [6, 6.07) is 0. The second-order valence-corrected chi connectivity index (χ2v) is 5.28. The molecule has 0 saturated carbocycles. The summed E-state index contributed by atoms with van der Waals surface area (Å²) in [4.78, 5) is 15.6. The first-order valence-corrected chi connectivity index (χ1v) is 6.87. The number of hydrogen-bond donors (Lipinski definition) is 2. The van der Waals surface area contributed by atoms with Gasteiger partial charge in [-0.15, -0.1) is 0 Å². The summed E-state index contributed by atoms with van der Waals surface area (Å²) >= 11 is 0. The van der Waals surface area contributed by atoms with Crippen LogP contribution in [-0.2, 0) is 11.3 Å². The Morgan fingerprint density at radius 2 is 2.21 bits per heavy atom. The molecule has 0 aliphatic heterocycles. The Labute approximate surface area is 115 Å². The summed E-state index contributed by atoms with van der Waals surface area (Å²) in [6.45, 7) is 9.35. The topological polar surface area (TPSA) is 67.2 Å². The zero-order chi connectivity index (χ0) is 14.5. The molecule has 0 fully saturated rings. The van der Waals surface area contributed by atoms with Crippen LogP contribution in [0.25, 0.3) is 0 Å². The van der Waals surface area contributed by atoms with Gasteiger partial charge in [0.15, 0.2) is 0 Å². The average Bonchev–Trinajstić information content (AvgIpc) is 2.68. The summed E-state index contributed by atoms with van der Waals surface area (Å²) in [5.74, 6) is -0.778. The highest BCUT2D eigenvalue weighted by atomic mass is 16.4. The maximum Gasteiger partial charge on any atom is 0.323 e. The Balaban J connectivity index is 2.53. The second kappa shape index (κ2) is 6.70. The summed E-state index contributed by atoms with van der Waals surface area (Å²) in [6.07, 6.45) is 4.18. The molecule has 0 aromatic carbocycles. The Morgan fingerprint density at radius 3 is 2.68 bits per heavy atom. The van der Waals surface area contributed by atoms with Crippen LogP contribution in [0.15, 0.2) is 6.33 Å². The van der Waals surface area contributed by atoms with Gasteiger partial charge < -0.3 is 15.0 Å². The van der Waals surface area contributed by atoms with E-state index >= 15 is 0 Å². The monoisotopic (exact) mass is 267 g/mol. The zero-order valence-corrected chi connectivity index (χ0v) is 12.4. The van der Waals surface area contributed by atoms with Crippen LogP contribution in [0.5, 0.6) is 0 Å². The minimum absolute atomic E-state index is 0.610. The molecule has 19 heavy (non-hydrogen) atoms. The van der Waals surface area contributed by atoms with E-state index in [1.165, 1.54) is 0 Å². The van der Waals surface area contributed by atoms with Crippen LogP contribution in [0.4, 0.5) is 0 Å². The highest BCUT2D eigenvalue weighted by Gasteiger charge is 2.31. The van der Waals surface area contributed by atoms with E-state index in [9.17, 15) is 9.90 Å². The molecule has 1 heterocycles. The SMILES string of the molecule is CCCNC(C)(CCCn1cnc(C)c1C)C(=O)O. The van der Waals surface area contributed by atoms with Gasteiger partial charge >= 0.3 is 5.97 Å². The molecule has 5 nitrogen and oxygen atoms in total. The van der Waals surface area contributed by atoms with Crippen molar-refractivity contribution in [2.24, 2.45) is 0 Å². The first-order valence-electron chi connectivity index (χ1n) is 6.87. The molecular weight excluding hydrogens is 242 g/mol. The quantitative estimate of drug-likeness (QED) is 0.757. The fourth-order valence-electron chi connectivity index (χ4n) is 2.04. The molecule has 108 valence electrons. The van der Waals surface area contributed by atoms with Crippen molar-refractivity contribution in [3.05, 3.63) is 17.7 Å². The maximum atomic E-state index is 11.4. The van der Waals surface area contributed by atoms with Crippen LogP contribution < -0.4 is 5.32 Å². The average molecular weight is 267 g/mol. The molecule has 1 aromatic rings. The van der Waals surface area contributed by atoms with E-state index in [0.717, 1.165) is 37.3 Å². The van der Waals surface area contributed by atoms with E-state index in [1.54, 1.807) is 6.92 Å². The van der Waals surface area contributed by atoms with E-state index in [0.29, 0.717) is 6.42 Å². The van der Waals surface area contributed by atoms with E-state index in [4.69, 9.17) is 0 Å². The molecule has 0 bridgehead atoms. The van der Waals surface area contributed by atoms with Gasteiger partial charge in [-0.05, 0) is 46.6 Å². The van der Waals surface area contributed by atoms with Gasteiger partial charge in [0.05, 0.1) is 12.0 Å². The van der Waals surface area contributed by atoms with Gasteiger partial charge in [-0.3, -0.25) is 4.79 Å². The molecule has 2 N–H and O–H groups in total. The molecule has 1 rings (SSSR count). The van der Waals surface area contributed by atoms with Crippen LogP contribution in [0.1, 0.15) is 44.5 Å². The van der Waals surface area contributed by atoms with Crippen molar-refractivity contribution in [1.82, 2.24) is 14.9 Å². The Kier molecular flexibility index (Phi) is 5.54. The lowest BCUT2D eigenvalue weighted by Crippen LogP contribution is -2.49. The van der Waals surface area contributed by atoms with Gasteiger partial charge in [0, 0.05) is 12.2 Å². The molecule has 0 amide bonds. The van der Waals surface area contributed by atoms with E-state index in [-0.39, 0.29) is 0 Å². The van der Waals surface area contributed by atoms with Gasteiger partial charge in [0.2, 0.25) is 0 Å². The van der Waals surface area contributed by atoms with Gasteiger partial charge in [-0.25, -0.2) is 4.98 Å². The minimum atomic E-state index is -0.834. The number of carboxylic acid groups (broad SMARTS) is 1. The number of aromatic nitrogens is 2. The molecule has 0 radical (unpaired) electrons. The highest BCUT2D eigenvalue weighted by Crippen LogP contribution is 2.15. The molecular formula is C14H25N3O2. The predicted molar refractivity (Wildman–Crippen MR) is 75.3 cm³/mol. The molecule has 0 saturated heterocycles. The lowest BCUT2D eigenvalue weighted by molar-refractivity contribution is -0.144. The highest BCUT2D eigenvalue weighted by molar-refractivity contribution is 5.78. The van der Waals surface area contributed by atoms with E-state index in [2.05, 4.69) is 14.9 Å². The fourth-order valence-corrected chi connectivity index (χ4v) is 2.04. The van der Waals surface area contributed by atoms with Gasteiger partial charge in [-0.1, -0.05) is 6.92 Å². The van der Waals surface area contributed by atoms with Crippen molar-refractivity contribution >= 4 is 5.97 Å². The van der Waals surface area contributed by atoms with Crippen molar-refractivity contribution < 1.29 is 9.90 Å². The third-order valence-corrected chi connectivity index (χ3v) is 3.66. The first kappa shape index (κ1) is 15.7. The number of aliphatic carboxylic acids is 1. The molecule has 0 spiro atoms. The summed E-state index contributed by atoms with van der Waals surface area (Å²) < 4.78 is 2.08. The summed E-state index contributed by atoms with van der Waals surface area (Å²) in [7, 11) is 0. The first-order chi connectivity index (χ1) is 8.90. The maximum absolute atomic E-state index is 11.4. The lowest BCUT2D eigenvalue weighted by atomic mass is 9.95. The number of carboxylic acids is 1. The Hall–Kier alpha value is -1.36. The molecule has 0 aliphatic carbocycles. The van der Waals surface area contributed by atoms with Crippen molar-refractivity contribution in [3.8, 4) is 0 Å². The van der Waals surface area contributed by atoms with Crippen LogP contribution >= 0.6 is 0 Å². The molecule has 1 atom stereocenters. The molecule has 5 heteroatoms. The van der Waals surface area contributed by atoms with Crippen LogP contribution in [0.2, 0.25) is 0 Å². The van der Waals surface area contributed by atoms with Crippen LogP contribution in [0, 0.1) is 13.8 Å². The number of hydrogen-bond acceptors (Lipinski definition) is 3. The number of rotatable bonds is 8. The van der Waals surface area contributed by atoms with Gasteiger partial charge in [0.25, 0.3) is 0 Å². The normalized spacial score (nSPS) is 14.3. The minimum Gasteiger partial charge on any atom is -0.480 e. The van der Waals surface area contributed by atoms with Crippen molar-refractivity contribution in [2.45, 2.75) is 59.0 Å². The molecule has 1 unspecified atom stereocenters. The number of nitrogens with zero attached hydrogens (tertiary/aromatic N) is 2. The van der Waals surface area contributed by atoms with Crippen LogP contribution in [0.3, 0.4) is 0 Å². The Morgan fingerprint density at radius 1 is 1.53 bits per heavy atom. The van der Waals surface area contributed by atoms with Gasteiger partial charge in [0.1, 0.15) is 5.54 Å². The smallest absolute Gasteiger partial charge is 0.323 e. The third kappa shape index (κ3) is 4.06. The molecule has 1 aromatic heterocycles. The largest absolute Gasteiger partial charge is 0.480 e. The second-order valence-electron chi connectivity index (χ2n) is 5.28. The predicted octanol–water partition coefficient (Wildman–Crippen LogP) is 2.12. The summed E-state index contributed by atoms with van der Waals surface area (Å²) in [5, 5.41) is 12.5. The number of nitrogens with one attached hydrogen (secondary N) is 1. The standard InChI is InChI=1S/C14H25N3O2/c1-5-8-16-14(4,13(18)19)7-6-9-17-10-15-11(2)12(17)3/h10,16H,5-9H2,1-4H3,(H,18,19). The fraction of sp³-hybridized carbons (Fsp3) is 0.714. The summed E-state index contributed by atoms with van der Waals surface area (Å²) in [5.41, 5.74) is 1.35. The van der Waals surface area contributed by atoms with Crippen LogP contribution in [-0.4, -0.2) is 32.7 Å². The number of aryl methyl sites for hydroxylation is 2. The third-order valence-electron chi connectivity index (χ3n) is 3.66. The number of imidazole rings is 1. The van der Waals surface area contributed by atoms with Crippen molar-refractivity contribution in [3.63, 3.8) is 0 Å². The molecule has 0 aliphatic rings.